The zero-order valence-corrected chi connectivity index (χ0v) is 13.4. The number of nitrogens with one attached hydrogen (secondary N) is 2. The Morgan fingerprint density at radius 3 is 2.64 bits per heavy atom. The Morgan fingerprint density at radius 1 is 1.32 bits per heavy atom. The SMILES string of the molecule is COCC(=O)NCc1ccc(S(=O)(=O)Nc2nccs2)cc1. The fraction of sp³-hybridized carbons (Fsp3) is 0.231. The second kappa shape index (κ2) is 7.34. The number of ether oxygens (including phenoxy) is 1. The second-order valence-corrected chi connectivity index (χ2v) is 6.87. The highest BCUT2D eigenvalue weighted by molar-refractivity contribution is 7.93. The monoisotopic (exact) mass is 341 g/mol. The second-order valence-electron chi connectivity index (χ2n) is 4.30. The Hall–Kier alpha value is -1.97. The number of methoxy groups -OCH3 is 1. The van der Waals surface area contributed by atoms with Crippen LogP contribution in [0.4, 0.5) is 5.13 Å². The summed E-state index contributed by atoms with van der Waals surface area (Å²) >= 11 is 1.20. The van der Waals surface area contributed by atoms with E-state index in [9.17, 15) is 13.2 Å². The third kappa shape index (κ3) is 4.52. The molecule has 1 amide bonds. The van der Waals surface area contributed by atoms with Gasteiger partial charge in [-0.1, -0.05) is 12.1 Å². The lowest BCUT2D eigenvalue weighted by atomic mass is 10.2. The average Bonchev–Trinajstić information content (AvgIpc) is 2.98. The summed E-state index contributed by atoms with van der Waals surface area (Å²) in [5.74, 6) is -0.232. The van der Waals surface area contributed by atoms with Gasteiger partial charge >= 0.3 is 0 Å². The highest BCUT2D eigenvalue weighted by Crippen LogP contribution is 2.18. The predicted octanol–water partition coefficient (Wildman–Crippen LogP) is 1.21. The summed E-state index contributed by atoms with van der Waals surface area (Å²) in [6, 6.07) is 6.24. The number of sulfonamides is 1. The quantitative estimate of drug-likeness (QED) is 0.789. The number of thiazole rings is 1. The summed E-state index contributed by atoms with van der Waals surface area (Å²) < 4.78 is 31.4. The van der Waals surface area contributed by atoms with Gasteiger partial charge in [0, 0.05) is 25.2 Å². The minimum absolute atomic E-state index is 0.00973. The van der Waals surface area contributed by atoms with Gasteiger partial charge in [0.2, 0.25) is 5.91 Å². The van der Waals surface area contributed by atoms with E-state index in [1.807, 2.05) is 0 Å². The Labute approximate surface area is 132 Å². The van der Waals surface area contributed by atoms with Crippen LogP contribution >= 0.6 is 11.3 Å². The van der Waals surface area contributed by atoms with Crippen LogP contribution in [0.2, 0.25) is 0 Å². The summed E-state index contributed by atoms with van der Waals surface area (Å²) in [6.07, 6.45) is 1.52. The molecular formula is C13H15N3O4S2. The first-order chi connectivity index (χ1) is 10.5. The van der Waals surface area contributed by atoms with Crippen molar-refractivity contribution in [2.24, 2.45) is 0 Å². The Balaban J connectivity index is 2.00. The lowest BCUT2D eigenvalue weighted by Gasteiger charge is -2.07. The van der Waals surface area contributed by atoms with Crippen molar-refractivity contribution in [3.63, 3.8) is 0 Å². The van der Waals surface area contributed by atoms with Crippen LogP contribution in [0.1, 0.15) is 5.56 Å². The van der Waals surface area contributed by atoms with Gasteiger partial charge in [0.1, 0.15) is 6.61 Å². The summed E-state index contributed by atoms with van der Waals surface area (Å²) in [7, 11) is -2.21. The van der Waals surface area contributed by atoms with E-state index >= 15 is 0 Å². The van der Waals surface area contributed by atoms with E-state index in [1.165, 1.54) is 36.8 Å². The van der Waals surface area contributed by atoms with E-state index < -0.39 is 10.0 Å². The van der Waals surface area contributed by atoms with Crippen LogP contribution in [0.15, 0.2) is 40.7 Å². The summed E-state index contributed by atoms with van der Waals surface area (Å²) in [4.78, 5) is 15.3. The molecule has 0 fully saturated rings. The third-order valence-corrected chi connectivity index (χ3v) is 4.83. The van der Waals surface area contributed by atoms with E-state index in [4.69, 9.17) is 4.74 Å². The standard InChI is InChI=1S/C13H15N3O4S2/c1-20-9-12(17)15-8-10-2-4-11(5-3-10)22(18,19)16-13-14-6-7-21-13/h2-7H,8-9H2,1H3,(H,14,16)(H,15,17). The van der Waals surface area contributed by atoms with Gasteiger partial charge < -0.3 is 10.1 Å². The molecule has 1 heterocycles. The molecule has 0 saturated carbocycles. The minimum atomic E-state index is -3.65. The smallest absolute Gasteiger partial charge is 0.263 e. The van der Waals surface area contributed by atoms with Crippen LogP contribution in [0.25, 0.3) is 0 Å². The molecule has 7 nitrogen and oxygen atoms in total. The Kier molecular flexibility index (Phi) is 5.47. The molecule has 2 N–H and O–H groups in total. The summed E-state index contributed by atoms with van der Waals surface area (Å²) in [6.45, 7) is 0.298. The Morgan fingerprint density at radius 2 is 2.05 bits per heavy atom. The van der Waals surface area contributed by atoms with Crippen molar-refractivity contribution in [1.29, 1.82) is 0 Å². The molecule has 0 unspecified atom stereocenters. The molecule has 0 aliphatic rings. The molecule has 118 valence electrons. The highest BCUT2D eigenvalue weighted by atomic mass is 32.2. The number of aromatic nitrogens is 1. The summed E-state index contributed by atoms with van der Waals surface area (Å²) in [5.41, 5.74) is 0.789. The maximum Gasteiger partial charge on any atom is 0.263 e. The number of rotatable bonds is 7. The molecule has 0 radical (unpaired) electrons. The van der Waals surface area contributed by atoms with Gasteiger partial charge in [-0.3, -0.25) is 9.52 Å². The van der Waals surface area contributed by atoms with Crippen molar-refractivity contribution >= 4 is 32.4 Å². The largest absolute Gasteiger partial charge is 0.375 e. The molecule has 0 aliphatic carbocycles. The van der Waals surface area contributed by atoms with E-state index in [2.05, 4.69) is 15.0 Å². The first-order valence-corrected chi connectivity index (χ1v) is 8.64. The lowest BCUT2D eigenvalue weighted by Crippen LogP contribution is -2.26. The number of hydrogen-bond acceptors (Lipinski definition) is 6. The maximum absolute atomic E-state index is 12.1. The van der Waals surface area contributed by atoms with Crippen LogP contribution in [0.3, 0.4) is 0 Å². The normalized spacial score (nSPS) is 11.1. The zero-order chi connectivity index (χ0) is 16.0. The topological polar surface area (TPSA) is 97.4 Å². The molecule has 1 aromatic carbocycles. The molecule has 0 atom stereocenters. The highest BCUT2D eigenvalue weighted by Gasteiger charge is 2.15. The fourth-order valence-electron chi connectivity index (χ4n) is 1.62. The lowest BCUT2D eigenvalue weighted by molar-refractivity contribution is -0.124. The number of nitrogens with zero attached hydrogens (tertiary/aromatic N) is 1. The van der Waals surface area contributed by atoms with Crippen LogP contribution in [0.5, 0.6) is 0 Å². The number of hydrogen-bond donors (Lipinski definition) is 2. The van der Waals surface area contributed by atoms with Crippen LogP contribution in [0, 0.1) is 0 Å². The maximum atomic E-state index is 12.1. The van der Waals surface area contributed by atoms with Gasteiger partial charge in [0.25, 0.3) is 10.0 Å². The van der Waals surface area contributed by atoms with Gasteiger partial charge in [0.05, 0.1) is 4.90 Å². The zero-order valence-electron chi connectivity index (χ0n) is 11.8. The number of carbonyl (C=O) groups is 1. The molecule has 22 heavy (non-hydrogen) atoms. The molecule has 0 saturated heterocycles. The van der Waals surface area contributed by atoms with Gasteiger partial charge in [-0.15, -0.1) is 11.3 Å². The van der Waals surface area contributed by atoms with Gasteiger partial charge in [0.15, 0.2) is 5.13 Å². The molecule has 2 rings (SSSR count). The summed E-state index contributed by atoms with van der Waals surface area (Å²) in [5, 5.41) is 4.66. The predicted molar refractivity (Wildman–Crippen MR) is 83.1 cm³/mol. The molecular weight excluding hydrogens is 326 g/mol. The van der Waals surface area contributed by atoms with Crippen molar-refractivity contribution < 1.29 is 17.9 Å². The molecule has 9 heteroatoms. The van der Waals surface area contributed by atoms with Crippen LogP contribution < -0.4 is 10.0 Å². The minimum Gasteiger partial charge on any atom is -0.375 e. The molecule has 0 aliphatic heterocycles. The number of carbonyl (C=O) groups excluding carboxylic acids is 1. The first-order valence-electron chi connectivity index (χ1n) is 6.28. The van der Waals surface area contributed by atoms with Crippen molar-refractivity contribution in [3.8, 4) is 0 Å². The number of anilines is 1. The van der Waals surface area contributed by atoms with Gasteiger partial charge in [-0.2, -0.15) is 0 Å². The molecule has 2 aromatic rings. The van der Waals surface area contributed by atoms with E-state index in [0.717, 1.165) is 5.56 Å². The third-order valence-electron chi connectivity index (χ3n) is 2.65. The van der Waals surface area contributed by atoms with Crippen molar-refractivity contribution in [2.45, 2.75) is 11.4 Å². The van der Waals surface area contributed by atoms with Crippen LogP contribution in [-0.2, 0) is 26.1 Å². The molecule has 1 aromatic heterocycles. The van der Waals surface area contributed by atoms with Crippen molar-refractivity contribution in [2.75, 3.05) is 18.4 Å². The van der Waals surface area contributed by atoms with E-state index in [1.54, 1.807) is 17.5 Å². The molecule has 0 bridgehead atoms. The van der Waals surface area contributed by atoms with Crippen molar-refractivity contribution in [1.82, 2.24) is 10.3 Å². The number of benzene rings is 1. The van der Waals surface area contributed by atoms with Gasteiger partial charge in [-0.05, 0) is 17.7 Å². The van der Waals surface area contributed by atoms with Gasteiger partial charge in [-0.25, -0.2) is 13.4 Å². The first kappa shape index (κ1) is 16.4. The number of amides is 1. The fourth-order valence-corrected chi connectivity index (χ4v) is 3.41. The Bertz CT molecular complexity index is 712. The molecule has 0 spiro atoms. The van der Waals surface area contributed by atoms with Crippen LogP contribution in [-0.4, -0.2) is 33.0 Å². The average molecular weight is 341 g/mol. The van der Waals surface area contributed by atoms with E-state index in [-0.39, 0.29) is 17.4 Å². The van der Waals surface area contributed by atoms with E-state index in [0.29, 0.717) is 11.7 Å². The van der Waals surface area contributed by atoms with Crippen molar-refractivity contribution in [3.05, 3.63) is 41.4 Å².